The standard InChI is InChI=1S/C14H21N3/c1-2-17(13-6-7-13)14-8-3-11(10-16-14)9-15-12-4-5-12/h3,8,10,12-13,15H,2,4-7,9H2,1H3. The summed E-state index contributed by atoms with van der Waals surface area (Å²) in [6.07, 6.45) is 7.38. The maximum Gasteiger partial charge on any atom is 0.128 e. The highest BCUT2D eigenvalue weighted by Gasteiger charge is 2.28. The van der Waals surface area contributed by atoms with Gasteiger partial charge in [0, 0.05) is 31.4 Å². The Bertz CT molecular complexity index is 366. The largest absolute Gasteiger partial charge is 0.354 e. The Balaban J connectivity index is 1.61. The molecule has 0 amide bonds. The number of nitrogens with zero attached hydrogens (tertiary/aromatic N) is 2. The summed E-state index contributed by atoms with van der Waals surface area (Å²) in [5.74, 6) is 1.14. The molecule has 0 atom stereocenters. The number of anilines is 1. The van der Waals surface area contributed by atoms with Crippen molar-refractivity contribution in [1.29, 1.82) is 0 Å². The van der Waals surface area contributed by atoms with E-state index in [1.807, 2.05) is 6.20 Å². The van der Waals surface area contributed by atoms with Crippen molar-refractivity contribution in [2.75, 3.05) is 11.4 Å². The van der Waals surface area contributed by atoms with Crippen LogP contribution in [0.2, 0.25) is 0 Å². The Hall–Kier alpha value is -1.09. The molecule has 17 heavy (non-hydrogen) atoms. The van der Waals surface area contributed by atoms with Gasteiger partial charge in [-0.1, -0.05) is 6.07 Å². The van der Waals surface area contributed by atoms with E-state index in [0.717, 1.165) is 31.0 Å². The fourth-order valence-corrected chi connectivity index (χ4v) is 2.23. The third-order valence-corrected chi connectivity index (χ3v) is 3.60. The summed E-state index contributed by atoms with van der Waals surface area (Å²) < 4.78 is 0. The second-order valence-corrected chi connectivity index (χ2v) is 5.20. The van der Waals surface area contributed by atoms with E-state index >= 15 is 0 Å². The highest BCUT2D eigenvalue weighted by atomic mass is 15.2. The summed E-state index contributed by atoms with van der Waals surface area (Å²) in [5.41, 5.74) is 1.30. The zero-order valence-electron chi connectivity index (χ0n) is 10.5. The molecule has 0 saturated heterocycles. The number of pyridine rings is 1. The average molecular weight is 231 g/mol. The third kappa shape index (κ3) is 2.78. The molecule has 3 heteroatoms. The van der Waals surface area contributed by atoms with Gasteiger partial charge in [0.1, 0.15) is 5.82 Å². The van der Waals surface area contributed by atoms with Gasteiger partial charge in [0.15, 0.2) is 0 Å². The van der Waals surface area contributed by atoms with E-state index in [-0.39, 0.29) is 0 Å². The number of nitrogens with one attached hydrogen (secondary N) is 1. The Kier molecular flexibility index (Phi) is 3.02. The molecule has 2 fully saturated rings. The number of hydrogen-bond donors (Lipinski definition) is 1. The molecular weight excluding hydrogens is 210 g/mol. The summed E-state index contributed by atoms with van der Waals surface area (Å²) >= 11 is 0. The van der Waals surface area contributed by atoms with Gasteiger partial charge < -0.3 is 10.2 Å². The van der Waals surface area contributed by atoms with Crippen molar-refractivity contribution in [3.8, 4) is 0 Å². The summed E-state index contributed by atoms with van der Waals surface area (Å²) in [5, 5.41) is 3.52. The second-order valence-electron chi connectivity index (χ2n) is 5.20. The Labute approximate surface area is 103 Å². The Morgan fingerprint density at radius 1 is 1.29 bits per heavy atom. The lowest BCUT2D eigenvalue weighted by Crippen LogP contribution is -2.26. The number of rotatable bonds is 6. The lowest BCUT2D eigenvalue weighted by atomic mass is 10.2. The van der Waals surface area contributed by atoms with Gasteiger partial charge in [0.25, 0.3) is 0 Å². The van der Waals surface area contributed by atoms with Crippen LogP contribution in [0, 0.1) is 0 Å². The third-order valence-electron chi connectivity index (χ3n) is 3.60. The molecule has 0 aromatic carbocycles. The van der Waals surface area contributed by atoms with Gasteiger partial charge in [-0.05, 0) is 44.2 Å². The molecule has 0 spiro atoms. The van der Waals surface area contributed by atoms with Crippen LogP contribution in [0.25, 0.3) is 0 Å². The molecule has 3 rings (SSSR count). The molecule has 1 heterocycles. The Morgan fingerprint density at radius 2 is 2.12 bits per heavy atom. The van der Waals surface area contributed by atoms with Crippen molar-refractivity contribution in [3.63, 3.8) is 0 Å². The van der Waals surface area contributed by atoms with Gasteiger partial charge in [-0.2, -0.15) is 0 Å². The summed E-state index contributed by atoms with van der Waals surface area (Å²) in [4.78, 5) is 7.01. The van der Waals surface area contributed by atoms with Crippen LogP contribution in [0.3, 0.4) is 0 Å². The highest BCUT2D eigenvalue weighted by Crippen LogP contribution is 2.30. The van der Waals surface area contributed by atoms with Gasteiger partial charge in [-0.3, -0.25) is 0 Å². The zero-order chi connectivity index (χ0) is 11.7. The SMILES string of the molecule is CCN(c1ccc(CNC2CC2)cn1)C1CC1. The first-order valence-electron chi connectivity index (χ1n) is 6.82. The van der Waals surface area contributed by atoms with Gasteiger partial charge in [-0.15, -0.1) is 0 Å². The van der Waals surface area contributed by atoms with Crippen molar-refractivity contribution in [3.05, 3.63) is 23.9 Å². The first-order chi connectivity index (χ1) is 8.36. The van der Waals surface area contributed by atoms with E-state index in [2.05, 4.69) is 34.3 Å². The van der Waals surface area contributed by atoms with Gasteiger partial charge >= 0.3 is 0 Å². The van der Waals surface area contributed by atoms with Crippen LogP contribution in [0.15, 0.2) is 18.3 Å². The minimum absolute atomic E-state index is 0.753. The van der Waals surface area contributed by atoms with Crippen molar-refractivity contribution >= 4 is 5.82 Å². The van der Waals surface area contributed by atoms with Crippen LogP contribution >= 0.6 is 0 Å². The van der Waals surface area contributed by atoms with E-state index < -0.39 is 0 Å². The second kappa shape index (κ2) is 4.65. The summed E-state index contributed by atoms with van der Waals surface area (Å²) in [6.45, 7) is 4.24. The summed E-state index contributed by atoms with van der Waals surface area (Å²) in [7, 11) is 0. The summed E-state index contributed by atoms with van der Waals surface area (Å²) in [6, 6.07) is 5.91. The van der Waals surface area contributed by atoms with Crippen molar-refractivity contribution in [2.24, 2.45) is 0 Å². The minimum atomic E-state index is 0.753. The zero-order valence-corrected chi connectivity index (χ0v) is 10.5. The topological polar surface area (TPSA) is 28.2 Å². The average Bonchev–Trinajstić information content (AvgIpc) is 3.23. The normalized spacial score (nSPS) is 19.4. The van der Waals surface area contributed by atoms with Gasteiger partial charge in [0.05, 0.1) is 0 Å². The predicted octanol–water partition coefficient (Wildman–Crippen LogP) is 2.32. The van der Waals surface area contributed by atoms with Gasteiger partial charge in [0.2, 0.25) is 0 Å². The predicted molar refractivity (Wildman–Crippen MR) is 70.1 cm³/mol. The van der Waals surface area contributed by atoms with Crippen molar-refractivity contribution in [1.82, 2.24) is 10.3 Å². The van der Waals surface area contributed by atoms with Crippen LogP contribution in [0.4, 0.5) is 5.82 Å². The van der Waals surface area contributed by atoms with Crippen LogP contribution < -0.4 is 10.2 Å². The quantitative estimate of drug-likeness (QED) is 0.814. The molecule has 2 aliphatic rings. The number of hydrogen-bond acceptors (Lipinski definition) is 3. The molecule has 2 aliphatic carbocycles. The first-order valence-corrected chi connectivity index (χ1v) is 6.82. The molecule has 2 saturated carbocycles. The fourth-order valence-electron chi connectivity index (χ4n) is 2.23. The van der Waals surface area contributed by atoms with Crippen molar-refractivity contribution < 1.29 is 0 Å². The molecule has 0 aliphatic heterocycles. The van der Waals surface area contributed by atoms with Crippen LogP contribution in [0.1, 0.15) is 38.2 Å². The van der Waals surface area contributed by atoms with Crippen LogP contribution in [-0.4, -0.2) is 23.6 Å². The smallest absolute Gasteiger partial charge is 0.128 e. The lowest BCUT2D eigenvalue weighted by molar-refractivity contribution is 0.685. The van der Waals surface area contributed by atoms with Crippen molar-refractivity contribution in [2.45, 2.75) is 51.2 Å². The maximum absolute atomic E-state index is 4.60. The molecule has 1 aromatic rings. The van der Waals surface area contributed by atoms with Crippen LogP contribution in [0.5, 0.6) is 0 Å². The minimum Gasteiger partial charge on any atom is -0.354 e. The van der Waals surface area contributed by atoms with E-state index in [9.17, 15) is 0 Å². The molecule has 92 valence electrons. The van der Waals surface area contributed by atoms with E-state index in [0.29, 0.717) is 0 Å². The molecule has 1 N–H and O–H groups in total. The molecule has 0 unspecified atom stereocenters. The monoisotopic (exact) mass is 231 g/mol. The molecule has 0 bridgehead atoms. The highest BCUT2D eigenvalue weighted by molar-refractivity contribution is 5.42. The molecule has 1 aromatic heterocycles. The lowest BCUT2D eigenvalue weighted by Gasteiger charge is -2.21. The van der Waals surface area contributed by atoms with E-state index in [1.54, 1.807) is 0 Å². The Morgan fingerprint density at radius 3 is 2.65 bits per heavy atom. The molecule has 0 radical (unpaired) electrons. The maximum atomic E-state index is 4.60. The van der Waals surface area contributed by atoms with E-state index in [1.165, 1.54) is 31.2 Å². The first kappa shape index (κ1) is 11.0. The molecule has 3 nitrogen and oxygen atoms in total. The van der Waals surface area contributed by atoms with E-state index in [4.69, 9.17) is 0 Å². The van der Waals surface area contributed by atoms with Crippen LogP contribution in [-0.2, 0) is 6.54 Å². The fraction of sp³-hybridized carbons (Fsp3) is 0.643. The number of aromatic nitrogens is 1. The van der Waals surface area contributed by atoms with Gasteiger partial charge in [-0.25, -0.2) is 4.98 Å². The molecular formula is C14H21N3.